The monoisotopic (exact) mass is 390 g/mol. The van der Waals surface area contributed by atoms with Crippen molar-refractivity contribution in [2.45, 2.75) is 65.0 Å². The lowest BCUT2D eigenvalue weighted by molar-refractivity contribution is 0.0259. The summed E-state index contributed by atoms with van der Waals surface area (Å²) in [6.45, 7) is 13.4. The van der Waals surface area contributed by atoms with Crippen molar-refractivity contribution in [3.8, 4) is 0 Å². The molecule has 150 valence electrons. The Kier molecular flexibility index (Phi) is 6.02. The van der Waals surface area contributed by atoms with E-state index in [2.05, 4.69) is 63.7 Å². The van der Waals surface area contributed by atoms with E-state index >= 15 is 0 Å². The van der Waals surface area contributed by atoms with Crippen LogP contribution in [-0.2, 0) is 11.2 Å². The Hall–Kier alpha value is -1.53. The Morgan fingerprint density at radius 2 is 1.74 bits per heavy atom. The van der Waals surface area contributed by atoms with E-state index in [9.17, 15) is 0 Å². The predicted molar refractivity (Wildman–Crippen MR) is 116 cm³/mol. The maximum atomic E-state index is 6.23. The highest BCUT2D eigenvalue weighted by Crippen LogP contribution is 2.45. The summed E-state index contributed by atoms with van der Waals surface area (Å²) in [6.07, 6.45) is 8.00. The largest absolute Gasteiger partial charge is 0.383 e. The molecular formula is C21H34N4OS. The lowest BCUT2D eigenvalue weighted by Crippen LogP contribution is -2.38. The number of thioether (sulfide) groups is 1. The van der Waals surface area contributed by atoms with Crippen molar-refractivity contribution in [1.82, 2.24) is 9.97 Å². The van der Waals surface area contributed by atoms with E-state index in [1.54, 1.807) is 7.11 Å². The number of rotatable bonds is 4. The van der Waals surface area contributed by atoms with Crippen LogP contribution in [0.1, 0.15) is 53.5 Å². The first-order valence-electron chi connectivity index (χ1n) is 9.27. The molecule has 4 N–H and O–H groups in total. The average Bonchev–Trinajstić information content (AvgIpc) is 2.55. The van der Waals surface area contributed by atoms with Crippen LogP contribution in [0.5, 0.6) is 0 Å². The van der Waals surface area contributed by atoms with Crippen molar-refractivity contribution in [3.63, 3.8) is 0 Å². The molecule has 0 spiro atoms. The quantitative estimate of drug-likeness (QED) is 0.575. The second-order valence-corrected chi connectivity index (χ2v) is 10.1. The molecule has 1 aliphatic carbocycles. The van der Waals surface area contributed by atoms with Gasteiger partial charge >= 0.3 is 0 Å². The van der Waals surface area contributed by atoms with Crippen LogP contribution in [0.2, 0.25) is 0 Å². The Morgan fingerprint density at radius 1 is 1.11 bits per heavy atom. The molecule has 27 heavy (non-hydrogen) atoms. The third-order valence-electron chi connectivity index (χ3n) is 5.16. The minimum Gasteiger partial charge on any atom is -0.383 e. The lowest BCUT2D eigenvalue weighted by Gasteiger charge is -2.41. The maximum Gasteiger partial charge on any atom is 0.223 e. The maximum absolute atomic E-state index is 6.23. The number of nitrogens with zero attached hydrogens (tertiary/aromatic N) is 2. The van der Waals surface area contributed by atoms with Gasteiger partial charge in [-0.15, -0.1) is 11.8 Å². The summed E-state index contributed by atoms with van der Waals surface area (Å²) < 4.78 is 6.15. The Labute approximate surface area is 168 Å². The molecule has 0 aromatic carbocycles. The number of hydrogen-bond donors (Lipinski definition) is 2. The summed E-state index contributed by atoms with van der Waals surface area (Å²) in [6, 6.07) is 0. The van der Waals surface area contributed by atoms with E-state index in [1.165, 1.54) is 22.9 Å². The van der Waals surface area contributed by atoms with Crippen LogP contribution in [-0.4, -0.2) is 28.9 Å². The second-order valence-electron chi connectivity index (χ2n) is 9.35. The summed E-state index contributed by atoms with van der Waals surface area (Å²) in [5, 5.41) is 0.814. The first kappa shape index (κ1) is 21.8. The molecule has 0 saturated carbocycles. The third kappa shape index (κ3) is 4.85. The van der Waals surface area contributed by atoms with Gasteiger partial charge in [-0.2, -0.15) is 4.98 Å². The Morgan fingerprint density at radius 3 is 2.22 bits per heavy atom. The van der Waals surface area contributed by atoms with Crippen LogP contribution >= 0.6 is 11.8 Å². The highest BCUT2D eigenvalue weighted by atomic mass is 32.2. The fourth-order valence-electron chi connectivity index (χ4n) is 3.30. The summed E-state index contributed by atoms with van der Waals surface area (Å²) in [5.74, 6) is 0.637. The number of methoxy groups -OCH3 is 1. The van der Waals surface area contributed by atoms with E-state index in [-0.39, 0.29) is 16.8 Å². The highest BCUT2D eigenvalue weighted by molar-refractivity contribution is 7.98. The van der Waals surface area contributed by atoms with Crippen LogP contribution in [0.15, 0.2) is 28.3 Å². The van der Waals surface area contributed by atoms with Crippen LogP contribution in [0.4, 0.5) is 11.8 Å². The molecule has 2 rings (SSSR count). The van der Waals surface area contributed by atoms with Crippen molar-refractivity contribution in [1.29, 1.82) is 0 Å². The molecule has 0 fully saturated rings. The molecule has 0 aliphatic heterocycles. The molecule has 0 bridgehead atoms. The van der Waals surface area contributed by atoms with Crippen molar-refractivity contribution >= 4 is 23.5 Å². The van der Waals surface area contributed by atoms with Crippen molar-refractivity contribution < 1.29 is 4.74 Å². The molecule has 1 aromatic rings. The molecule has 5 nitrogen and oxygen atoms in total. The SMILES string of the molecule is COC1(Cc2c(N)nc(N)nc2SC)C=C(C(C)(C)C)C=C(C(C)(C)C)C1. The molecular weight excluding hydrogens is 356 g/mol. The van der Waals surface area contributed by atoms with Gasteiger partial charge in [-0.3, -0.25) is 0 Å². The Bertz CT molecular complexity index is 772. The molecule has 0 amide bonds. The van der Waals surface area contributed by atoms with E-state index in [4.69, 9.17) is 16.2 Å². The molecule has 1 heterocycles. The normalized spacial score (nSPS) is 21.0. The van der Waals surface area contributed by atoms with E-state index in [0.29, 0.717) is 12.2 Å². The van der Waals surface area contributed by atoms with Gasteiger partial charge < -0.3 is 16.2 Å². The summed E-state index contributed by atoms with van der Waals surface area (Å²) in [5.41, 5.74) is 15.2. The van der Waals surface area contributed by atoms with E-state index in [1.807, 2.05) is 6.26 Å². The minimum absolute atomic E-state index is 0.0200. The second kappa shape index (κ2) is 7.47. The molecule has 0 saturated heterocycles. The third-order valence-corrected chi connectivity index (χ3v) is 5.89. The number of aromatic nitrogens is 2. The molecule has 1 atom stereocenters. The van der Waals surface area contributed by atoms with E-state index in [0.717, 1.165) is 17.0 Å². The topological polar surface area (TPSA) is 87.0 Å². The van der Waals surface area contributed by atoms with Crippen molar-refractivity contribution in [2.75, 3.05) is 24.8 Å². The number of anilines is 2. The zero-order chi connectivity index (χ0) is 20.6. The molecule has 0 radical (unpaired) electrons. The summed E-state index contributed by atoms with van der Waals surface area (Å²) >= 11 is 1.53. The molecule has 1 aromatic heterocycles. The van der Waals surface area contributed by atoms with Crippen LogP contribution < -0.4 is 11.5 Å². The molecule has 1 unspecified atom stereocenters. The van der Waals surface area contributed by atoms with Gasteiger partial charge in [0.25, 0.3) is 0 Å². The zero-order valence-electron chi connectivity index (χ0n) is 17.9. The summed E-state index contributed by atoms with van der Waals surface area (Å²) in [4.78, 5) is 8.57. The van der Waals surface area contributed by atoms with Gasteiger partial charge in [0, 0.05) is 25.5 Å². The van der Waals surface area contributed by atoms with Crippen LogP contribution in [0.3, 0.4) is 0 Å². The standard InChI is InChI=1S/C21H34N4OS/c1-19(2,3)13-9-14(20(4,5)6)11-21(10-13,26-7)12-15-16(22)24-18(23)25-17(15)27-8/h9-10H,11-12H2,1-8H3,(H4,22,23,24,25). The van der Waals surface area contributed by atoms with E-state index < -0.39 is 5.60 Å². The first-order valence-corrected chi connectivity index (χ1v) is 10.5. The number of allylic oxidation sites excluding steroid dienone is 2. The first-order chi connectivity index (χ1) is 12.3. The van der Waals surface area contributed by atoms with Gasteiger partial charge in [-0.25, -0.2) is 4.98 Å². The average molecular weight is 391 g/mol. The fraction of sp³-hybridized carbons (Fsp3) is 0.619. The van der Waals surface area contributed by atoms with Crippen LogP contribution in [0, 0.1) is 10.8 Å². The predicted octanol–water partition coefficient (Wildman–Crippen LogP) is 4.64. The van der Waals surface area contributed by atoms with Gasteiger partial charge in [0.2, 0.25) is 5.95 Å². The number of hydrogen-bond acceptors (Lipinski definition) is 6. The molecule has 6 heteroatoms. The number of nitrogen functional groups attached to an aromatic ring is 2. The smallest absolute Gasteiger partial charge is 0.223 e. The summed E-state index contributed by atoms with van der Waals surface area (Å²) in [7, 11) is 1.77. The van der Waals surface area contributed by atoms with Gasteiger partial charge in [0.05, 0.1) is 5.60 Å². The van der Waals surface area contributed by atoms with Gasteiger partial charge in [-0.05, 0) is 28.7 Å². The molecule has 1 aliphatic rings. The van der Waals surface area contributed by atoms with Gasteiger partial charge in [-0.1, -0.05) is 53.2 Å². The van der Waals surface area contributed by atoms with Crippen molar-refractivity contribution in [3.05, 3.63) is 28.9 Å². The highest BCUT2D eigenvalue weighted by Gasteiger charge is 2.39. The fourth-order valence-corrected chi connectivity index (χ4v) is 3.91. The minimum atomic E-state index is -0.488. The van der Waals surface area contributed by atoms with Gasteiger partial charge in [0.15, 0.2) is 0 Å². The Balaban J connectivity index is 2.59. The zero-order valence-corrected chi connectivity index (χ0v) is 18.8. The van der Waals surface area contributed by atoms with Crippen LogP contribution in [0.25, 0.3) is 0 Å². The van der Waals surface area contributed by atoms with Crippen molar-refractivity contribution in [2.24, 2.45) is 10.8 Å². The number of ether oxygens (including phenoxy) is 1. The lowest BCUT2D eigenvalue weighted by atomic mass is 9.69. The van der Waals surface area contributed by atoms with Gasteiger partial charge in [0.1, 0.15) is 10.8 Å². The number of nitrogens with two attached hydrogens (primary N) is 2.